The molecule has 3 rings (SSSR count). The molecule has 2 heterocycles. The maximum atomic E-state index is 5.18. The zero-order valence-corrected chi connectivity index (χ0v) is 9.70. The first-order valence-corrected chi connectivity index (χ1v) is 5.91. The van der Waals surface area contributed by atoms with E-state index in [1.165, 1.54) is 38.3 Å². The van der Waals surface area contributed by atoms with E-state index in [1.807, 2.05) is 12.1 Å². The molecule has 0 radical (unpaired) electrons. The van der Waals surface area contributed by atoms with Crippen LogP contribution in [-0.2, 0) is 0 Å². The highest BCUT2D eigenvalue weighted by atomic mass is 16.5. The van der Waals surface area contributed by atoms with Gasteiger partial charge in [-0.1, -0.05) is 0 Å². The van der Waals surface area contributed by atoms with E-state index in [-0.39, 0.29) is 0 Å². The average molecular weight is 218 g/mol. The number of rotatable bonds is 2. The minimum atomic E-state index is 0.569. The molecule has 0 aromatic heterocycles. The van der Waals surface area contributed by atoms with Gasteiger partial charge in [0.1, 0.15) is 5.75 Å². The van der Waals surface area contributed by atoms with Crippen molar-refractivity contribution in [2.45, 2.75) is 6.42 Å². The highest BCUT2D eigenvalue weighted by Gasteiger charge is 2.42. The molecule has 1 spiro atoms. The van der Waals surface area contributed by atoms with E-state index in [9.17, 15) is 0 Å². The quantitative estimate of drug-likeness (QED) is 0.814. The van der Waals surface area contributed by atoms with Crippen LogP contribution in [0.5, 0.6) is 5.75 Å². The van der Waals surface area contributed by atoms with Crippen LogP contribution < -0.4 is 15.0 Å². The third-order valence-corrected chi connectivity index (χ3v) is 3.88. The summed E-state index contributed by atoms with van der Waals surface area (Å²) >= 11 is 0. The molecule has 3 nitrogen and oxygen atoms in total. The van der Waals surface area contributed by atoms with Crippen LogP contribution in [0.2, 0.25) is 0 Å². The molecule has 1 aromatic carbocycles. The molecule has 1 N–H and O–H groups in total. The molecule has 2 fully saturated rings. The molecule has 0 saturated carbocycles. The van der Waals surface area contributed by atoms with Gasteiger partial charge in [-0.3, -0.25) is 0 Å². The smallest absolute Gasteiger partial charge is 0.119 e. The van der Waals surface area contributed by atoms with Crippen molar-refractivity contribution in [3.63, 3.8) is 0 Å². The van der Waals surface area contributed by atoms with Crippen molar-refractivity contribution in [3.05, 3.63) is 24.3 Å². The number of nitrogens with zero attached hydrogens (tertiary/aromatic N) is 1. The van der Waals surface area contributed by atoms with Gasteiger partial charge < -0.3 is 15.0 Å². The fourth-order valence-corrected chi connectivity index (χ4v) is 2.72. The number of nitrogens with one attached hydrogen (secondary N) is 1. The molecule has 1 aromatic rings. The minimum Gasteiger partial charge on any atom is -0.497 e. The Morgan fingerprint density at radius 3 is 2.50 bits per heavy atom. The lowest BCUT2D eigenvalue weighted by atomic mass is 9.81. The second-order valence-corrected chi connectivity index (χ2v) is 4.97. The maximum Gasteiger partial charge on any atom is 0.119 e. The summed E-state index contributed by atoms with van der Waals surface area (Å²) in [6, 6.07) is 8.40. The van der Waals surface area contributed by atoms with Crippen LogP contribution in [0.25, 0.3) is 0 Å². The largest absolute Gasteiger partial charge is 0.497 e. The predicted molar refractivity (Wildman–Crippen MR) is 65.1 cm³/mol. The zero-order chi connectivity index (χ0) is 11.0. The van der Waals surface area contributed by atoms with Crippen molar-refractivity contribution in [2.24, 2.45) is 5.41 Å². The van der Waals surface area contributed by atoms with E-state index in [1.54, 1.807) is 7.11 Å². The van der Waals surface area contributed by atoms with Gasteiger partial charge in [0, 0.05) is 37.3 Å². The van der Waals surface area contributed by atoms with Crippen molar-refractivity contribution in [1.29, 1.82) is 0 Å². The summed E-state index contributed by atoms with van der Waals surface area (Å²) in [7, 11) is 1.71. The Morgan fingerprint density at radius 1 is 1.25 bits per heavy atom. The summed E-state index contributed by atoms with van der Waals surface area (Å²) in [5.74, 6) is 0.933. The van der Waals surface area contributed by atoms with Crippen molar-refractivity contribution in [2.75, 3.05) is 38.2 Å². The van der Waals surface area contributed by atoms with Gasteiger partial charge in [-0.05, 0) is 30.7 Å². The third-order valence-electron chi connectivity index (χ3n) is 3.88. The Morgan fingerprint density at radius 2 is 2.00 bits per heavy atom. The molecular weight excluding hydrogens is 200 g/mol. The van der Waals surface area contributed by atoms with Gasteiger partial charge in [-0.15, -0.1) is 0 Å². The fraction of sp³-hybridized carbons (Fsp3) is 0.538. The monoisotopic (exact) mass is 218 g/mol. The number of hydrogen-bond donors (Lipinski definition) is 1. The summed E-state index contributed by atoms with van der Waals surface area (Å²) in [6.45, 7) is 4.78. The summed E-state index contributed by atoms with van der Waals surface area (Å²) in [4.78, 5) is 2.49. The van der Waals surface area contributed by atoms with Crippen LogP contribution in [0.4, 0.5) is 5.69 Å². The van der Waals surface area contributed by atoms with Crippen molar-refractivity contribution < 1.29 is 4.74 Å². The van der Waals surface area contributed by atoms with Crippen LogP contribution in [0, 0.1) is 5.41 Å². The van der Waals surface area contributed by atoms with Crippen LogP contribution in [0.1, 0.15) is 6.42 Å². The van der Waals surface area contributed by atoms with Crippen LogP contribution in [0.15, 0.2) is 24.3 Å². The van der Waals surface area contributed by atoms with Gasteiger partial charge in [0.2, 0.25) is 0 Å². The number of benzene rings is 1. The molecule has 2 aliphatic rings. The first-order chi connectivity index (χ1) is 7.81. The van der Waals surface area contributed by atoms with E-state index in [4.69, 9.17) is 4.74 Å². The van der Waals surface area contributed by atoms with Gasteiger partial charge in [0.25, 0.3) is 0 Å². The molecule has 0 aliphatic carbocycles. The van der Waals surface area contributed by atoms with Crippen molar-refractivity contribution >= 4 is 5.69 Å². The Hall–Kier alpha value is -1.22. The molecule has 0 amide bonds. The van der Waals surface area contributed by atoms with Gasteiger partial charge in [-0.2, -0.15) is 0 Å². The predicted octanol–water partition coefficient (Wildman–Crippen LogP) is 1.49. The molecule has 3 heteroatoms. The van der Waals surface area contributed by atoms with Gasteiger partial charge in [-0.25, -0.2) is 0 Å². The topological polar surface area (TPSA) is 24.5 Å². The first-order valence-electron chi connectivity index (χ1n) is 5.91. The number of hydrogen-bond acceptors (Lipinski definition) is 3. The lowest BCUT2D eigenvalue weighted by Crippen LogP contribution is -2.54. The van der Waals surface area contributed by atoms with Crippen LogP contribution in [-0.4, -0.2) is 33.3 Å². The number of anilines is 1. The summed E-state index contributed by atoms with van der Waals surface area (Å²) in [6.07, 6.45) is 1.33. The first kappa shape index (κ1) is 9.97. The summed E-state index contributed by atoms with van der Waals surface area (Å²) < 4.78 is 5.18. The number of ether oxygens (including phenoxy) is 1. The SMILES string of the molecule is COc1ccc(N2CCC3(CNC3)C2)cc1. The van der Waals surface area contributed by atoms with Crippen molar-refractivity contribution in [1.82, 2.24) is 5.32 Å². The van der Waals surface area contributed by atoms with E-state index >= 15 is 0 Å². The van der Waals surface area contributed by atoms with Gasteiger partial charge in [0.15, 0.2) is 0 Å². The highest BCUT2D eigenvalue weighted by molar-refractivity contribution is 5.50. The molecule has 0 unspecified atom stereocenters. The maximum absolute atomic E-state index is 5.18. The van der Waals surface area contributed by atoms with Gasteiger partial charge in [0.05, 0.1) is 7.11 Å². The Labute approximate surface area is 96.4 Å². The molecule has 0 atom stereocenters. The standard InChI is InChI=1S/C13H18N2O/c1-16-12-4-2-11(3-5-12)15-7-6-13(10-15)8-14-9-13/h2-5,14H,6-10H2,1H3. The Bertz CT molecular complexity index is 370. The minimum absolute atomic E-state index is 0.569. The Kier molecular flexibility index (Phi) is 2.28. The van der Waals surface area contributed by atoms with Crippen LogP contribution >= 0.6 is 0 Å². The normalized spacial score (nSPS) is 22.2. The molecule has 2 saturated heterocycles. The molecule has 16 heavy (non-hydrogen) atoms. The fourth-order valence-electron chi connectivity index (χ4n) is 2.72. The van der Waals surface area contributed by atoms with E-state index in [0.29, 0.717) is 5.41 Å². The molecular formula is C13H18N2O. The number of methoxy groups -OCH3 is 1. The molecule has 0 bridgehead atoms. The summed E-state index contributed by atoms with van der Waals surface area (Å²) in [5.41, 5.74) is 1.89. The van der Waals surface area contributed by atoms with E-state index < -0.39 is 0 Å². The lowest BCUT2D eigenvalue weighted by molar-refractivity contribution is 0.200. The molecule has 86 valence electrons. The average Bonchev–Trinajstić information content (AvgIpc) is 2.74. The van der Waals surface area contributed by atoms with Crippen molar-refractivity contribution in [3.8, 4) is 5.75 Å². The van der Waals surface area contributed by atoms with Crippen LogP contribution in [0.3, 0.4) is 0 Å². The second-order valence-electron chi connectivity index (χ2n) is 4.97. The van der Waals surface area contributed by atoms with E-state index in [0.717, 1.165) is 5.75 Å². The second kappa shape index (κ2) is 3.67. The molecule has 2 aliphatic heterocycles. The third kappa shape index (κ3) is 1.55. The highest BCUT2D eigenvalue weighted by Crippen LogP contribution is 2.36. The van der Waals surface area contributed by atoms with Gasteiger partial charge >= 0.3 is 0 Å². The zero-order valence-electron chi connectivity index (χ0n) is 9.70. The Balaban J connectivity index is 1.73. The summed E-state index contributed by atoms with van der Waals surface area (Å²) in [5, 5.41) is 3.39. The van der Waals surface area contributed by atoms with E-state index in [2.05, 4.69) is 22.3 Å². The lowest BCUT2D eigenvalue weighted by Gasteiger charge is -2.39.